The molecule has 0 nitrogen and oxygen atoms in total. The Morgan fingerprint density at radius 2 is 1.94 bits per heavy atom. The van der Waals surface area contributed by atoms with Gasteiger partial charge in [0.15, 0.2) is 0 Å². The van der Waals surface area contributed by atoms with E-state index in [-0.39, 0.29) is 0 Å². The molecule has 0 heterocycles. The van der Waals surface area contributed by atoms with Gasteiger partial charge in [-0.05, 0) is 50.5 Å². The van der Waals surface area contributed by atoms with Crippen molar-refractivity contribution in [2.24, 2.45) is 11.8 Å². The Morgan fingerprint density at radius 1 is 1.35 bits per heavy atom. The monoisotopic (exact) mass is 234 g/mol. The van der Waals surface area contributed by atoms with Crippen molar-refractivity contribution in [2.45, 2.75) is 60.8 Å². The third-order valence-electron chi connectivity index (χ3n) is 3.49. The van der Waals surface area contributed by atoms with Crippen LogP contribution in [0.25, 0.3) is 0 Å². The summed E-state index contributed by atoms with van der Waals surface area (Å²) in [7, 11) is 0. The van der Waals surface area contributed by atoms with E-state index in [0.717, 1.165) is 12.3 Å². The minimum Gasteiger partial charge on any atom is -0.0956 e. The van der Waals surface area contributed by atoms with Crippen molar-refractivity contribution in [3.05, 3.63) is 35.5 Å². The van der Waals surface area contributed by atoms with E-state index in [9.17, 15) is 0 Å². The molecule has 1 rings (SSSR count). The molecule has 0 spiro atoms. The van der Waals surface area contributed by atoms with Crippen LogP contribution in [0.15, 0.2) is 35.5 Å². The average Bonchev–Trinajstić information content (AvgIpc) is 2.84. The van der Waals surface area contributed by atoms with Crippen LogP contribution in [-0.2, 0) is 0 Å². The maximum Gasteiger partial charge on any atom is -0.0125 e. The van der Waals surface area contributed by atoms with Crippen LogP contribution in [0.4, 0.5) is 0 Å². The summed E-state index contributed by atoms with van der Waals surface area (Å²) in [5.74, 6) is 1.37. The maximum atomic E-state index is 4.21. The van der Waals surface area contributed by atoms with Gasteiger partial charge in [-0.2, -0.15) is 0 Å². The van der Waals surface area contributed by atoms with E-state index < -0.39 is 0 Å². The topological polar surface area (TPSA) is 0 Å². The van der Waals surface area contributed by atoms with Crippen molar-refractivity contribution in [2.75, 3.05) is 0 Å². The maximum absolute atomic E-state index is 4.21. The minimum atomic E-state index is 0.640. The molecule has 2 unspecified atom stereocenters. The fraction of sp³-hybridized carbons (Fsp3) is 0.647. The van der Waals surface area contributed by atoms with Crippen molar-refractivity contribution in [1.29, 1.82) is 0 Å². The van der Waals surface area contributed by atoms with Gasteiger partial charge >= 0.3 is 0 Å². The number of hydrogen-bond acceptors (Lipinski definition) is 0. The van der Waals surface area contributed by atoms with Gasteiger partial charge in [0.05, 0.1) is 0 Å². The number of hydrogen-bond donors (Lipinski definition) is 0. The van der Waals surface area contributed by atoms with Crippen LogP contribution in [0, 0.1) is 11.8 Å². The normalized spacial score (nSPS) is 19.3. The van der Waals surface area contributed by atoms with E-state index in [1.807, 2.05) is 13.8 Å². The third-order valence-corrected chi connectivity index (χ3v) is 3.49. The molecule has 0 amide bonds. The Bertz CT molecular complexity index is 287. The molecule has 0 radical (unpaired) electrons. The molecular weight excluding hydrogens is 204 g/mol. The first-order chi connectivity index (χ1) is 8.07. The lowest BCUT2D eigenvalue weighted by molar-refractivity contribution is 0.480. The molecule has 1 aliphatic carbocycles. The van der Waals surface area contributed by atoms with Gasteiger partial charge in [0.25, 0.3) is 0 Å². The van der Waals surface area contributed by atoms with Crippen molar-refractivity contribution >= 4 is 0 Å². The molecule has 0 saturated heterocycles. The van der Waals surface area contributed by atoms with Crippen LogP contribution < -0.4 is 0 Å². The molecule has 0 bridgehead atoms. The summed E-state index contributed by atoms with van der Waals surface area (Å²) in [6.45, 7) is 17.2. The predicted molar refractivity (Wildman–Crippen MR) is 80.2 cm³/mol. The van der Waals surface area contributed by atoms with Gasteiger partial charge in [0, 0.05) is 0 Å². The Balaban J connectivity index is 0.00000121. The Morgan fingerprint density at radius 3 is 2.29 bits per heavy atom. The Labute approximate surface area is 109 Å². The standard InChI is InChI=1S/C15H24.C2H6/c1-6-12(4)15(11(2)3)13(5)14-9-7-8-10-14;1-2/h7,9,13-14H,4,6,8,10H2,1-3,5H3;1-2H3. The van der Waals surface area contributed by atoms with E-state index in [1.54, 1.807) is 0 Å². The highest BCUT2D eigenvalue weighted by molar-refractivity contribution is 5.34. The zero-order valence-electron chi connectivity index (χ0n) is 12.6. The first-order valence-corrected chi connectivity index (χ1v) is 7.10. The van der Waals surface area contributed by atoms with Crippen molar-refractivity contribution in [3.63, 3.8) is 0 Å². The summed E-state index contributed by atoms with van der Waals surface area (Å²) in [4.78, 5) is 0. The lowest BCUT2D eigenvalue weighted by Crippen LogP contribution is -2.12. The Kier molecular flexibility index (Phi) is 7.95. The van der Waals surface area contributed by atoms with Crippen molar-refractivity contribution < 1.29 is 0 Å². The number of allylic oxidation sites excluding steroid dienone is 5. The third kappa shape index (κ3) is 4.53. The van der Waals surface area contributed by atoms with Gasteiger partial charge in [0.2, 0.25) is 0 Å². The lowest BCUT2D eigenvalue weighted by Gasteiger charge is -2.24. The van der Waals surface area contributed by atoms with Crippen LogP contribution in [0.1, 0.15) is 60.8 Å². The molecule has 0 N–H and O–H groups in total. The van der Waals surface area contributed by atoms with Crippen LogP contribution in [-0.4, -0.2) is 0 Å². The second kappa shape index (κ2) is 8.33. The highest BCUT2D eigenvalue weighted by Gasteiger charge is 2.22. The van der Waals surface area contributed by atoms with Crippen LogP contribution >= 0.6 is 0 Å². The summed E-state index contributed by atoms with van der Waals surface area (Å²) < 4.78 is 0. The molecule has 1 aliphatic rings. The highest BCUT2D eigenvalue weighted by atomic mass is 14.3. The average molecular weight is 234 g/mol. The minimum absolute atomic E-state index is 0.640. The zero-order valence-corrected chi connectivity index (χ0v) is 12.6. The van der Waals surface area contributed by atoms with Gasteiger partial charge in [-0.15, -0.1) is 0 Å². The van der Waals surface area contributed by atoms with Gasteiger partial charge in [0.1, 0.15) is 0 Å². The summed E-state index contributed by atoms with van der Waals surface area (Å²) in [6.07, 6.45) is 8.34. The quantitative estimate of drug-likeness (QED) is 0.418. The van der Waals surface area contributed by atoms with E-state index in [0.29, 0.717) is 5.92 Å². The van der Waals surface area contributed by atoms with Crippen LogP contribution in [0.5, 0.6) is 0 Å². The molecule has 17 heavy (non-hydrogen) atoms. The molecule has 0 saturated carbocycles. The van der Waals surface area contributed by atoms with E-state index in [4.69, 9.17) is 0 Å². The molecule has 0 aromatic carbocycles. The van der Waals surface area contributed by atoms with Crippen LogP contribution in [0.3, 0.4) is 0 Å². The molecular formula is C17H30. The molecule has 0 aromatic rings. The molecule has 98 valence electrons. The van der Waals surface area contributed by atoms with Crippen molar-refractivity contribution in [3.8, 4) is 0 Å². The SMILES string of the molecule is C=C(CC)C(=C(C)C)C(C)C1C=CCC1.CC. The van der Waals surface area contributed by atoms with Gasteiger partial charge in [-0.1, -0.05) is 57.6 Å². The van der Waals surface area contributed by atoms with Crippen LogP contribution in [0.2, 0.25) is 0 Å². The van der Waals surface area contributed by atoms with Gasteiger partial charge in [-0.3, -0.25) is 0 Å². The Hall–Kier alpha value is -0.780. The largest absolute Gasteiger partial charge is 0.0956 e. The van der Waals surface area contributed by atoms with E-state index in [1.165, 1.54) is 29.6 Å². The second-order valence-corrected chi connectivity index (χ2v) is 4.83. The molecule has 0 heteroatoms. The number of rotatable bonds is 4. The predicted octanol–water partition coefficient (Wildman–Crippen LogP) is 5.92. The molecule has 0 aliphatic heterocycles. The lowest BCUT2D eigenvalue weighted by atomic mass is 9.81. The zero-order chi connectivity index (χ0) is 13.4. The molecule has 0 fully saturated rings. The summed E-state index contributed by atoms with van der Waals surface area (Å²) >= 11 is 0. The first-order valence-electron chi connectivity index (χ1n) is 7.10. The second-order valence-electron chi connectivity index (χ2n) is 4.83. The summed E-state index contributed by atoms with van der Waals surface area (Å²) in [5.41, 5.74) is 4.27. The van der Waals surface area contributed by atoms with Gasteiger partial charge in [-0.25, -0.2) is 0 Å². The van der Waals surface area contributed by atoms with Crippen molar-refractivity contribution in [1.82, 2.24) is 0 Å². The smallest absolute Gasteiger partial charge is 0.0125 e. The first kappa shape index (κ1) is 16.2. The molecule has 2 atom stereocenters. The van der Waals surface area contributed by atoms with E-state index in [2.05, 4.69) is 46.4 Å². The van der Waals surface area contributed by atoms with Gasteiger partial charge < -0.3 is 0 Å². The fourth-order valence-corrected chi connectivity index (χ4v) is 2.61. The highest BCUT2D eigenvalue weighted by Crippen LogP contribution is 2.35. The molecule has 0 aromatic heterocycles. The van der Waals surface area contributed by atoms with E-state index >= 15 is 0 Å². The summed E-state index contributed by atoms with van der Waals surface area (Å²) in [5, 5.41) is 0. The fourth-order valence-electron chi connectivity index (χ4n) is 2.61. The summed E-state index contributed by atoms with van der Waals surface area (Å²) in [6, 6.07) is 0.